The van der Waals surface area contributed by atoms with Gasteiger partial charge in [0.25, 0.3) is 0 Å². The quantitative estimate of drug-likeness (QED) is 0.555. The van der Waals surface area contributed by atoms with Gasteiger partial charge in [-0.1, -0.05) is 18.2 Å². The van der Waals surface area contributed by atoms with E-state index in [9.17, 15) is 4.79 Å². The molecule has 1 aromatic carbocycles. The summed E-state index contributed by atoms with van der Waals surface area (Å²) in [6, 6.07) is 15.5. The van der Waals surface area contributed by atoms with Gasteiger partial charge in [0, 0.05) is 36.0 Å². The van der Waals surface area contributed by atoms with E-state index in [-0.39, 0.29) is 17.7 Å². The molecule has 1 aliphatic carbocycles. The normalized spacial score (nSPS) is 21.0. The third-order valence-corrected chi connectivity index (χ3v) is 5.84. The second-order valence-corrected chi connectivity index (χ2v) is 7.54. The number of fused-ring (bicyclic) bond motifs is 3. The van der Waals surface area contributed by atoms with Crippen LogP contribution in [0.5, 0.6) is 0 Å². The van der Waals surface area contributed by atoms with E-state index in [2.05, 4.69) is 14.9 Å². The molecule has 0 saturated carbocycles. The highest BCUT2D eigenvalue weighted by Crippen LogP contribution is 2.45. The zero-order valence-corrected chi connectivity index (χ0v) is 15.6. The first-order chi connectivity index (χ1) is 14.3. The average Bonchev–Trinajstić information content (AvgIpc) is 3.40. The summed E-state index contributed by atoms with van der Waals surface area (Å²) >= 11 is 0. The molecule has 0 saturated heterocycles. The zero-order valence-electron chi connectivity index (χ0n) is 15.6. The molecule has 1 N–H and O–H groups in total. The number of rotatable bonds is 2. The average molecular weight is 382 g/mol. The van der Waals surface area contributed by atoms with Gasteiger partial charge in [0.15, 0.2) is 5.78 Å². The minimum atomic E-state index is -0.243. The number of imidazole rings is 1. The van der Waals surface area contributed by atoms with Crippen molar-refractivity contribution in [2.45, 2.75) is 24.8 Å². The molecule has 2 atom stereocenters. The Balaban J connectivity index is 1.56. The molecule has 3 aromatic heterocycles. The number of carbonyl (C=O) groups excluding carboxylic acids is 1. The number of aromatic nitrogens is 3. The number of pyridine rings is 1. The van der Waals surface area contributed by atoms with Crippen molar-refractivity contribution in [3.63, 3.8) is 0 Å². The highest BCUT2D eigenvalue weighted by atomic mass is 16.3. The Morgan fingerprint density at radius 1 is 1.07 bits per heavy atom. The molecule has 142 valence electrons. The molecule has 6 rings (SSSR count). The second-order valence-electron chi connectivity index (χ2n) is 7.54. The molecule has 4 aromatic rings. The summed E-state index contributed by atoms with van der Waals surface area (Å²) in [5.41, 5.74) is 4.61. The van der Waals surface area contributed by atoms with Crippen molar-refractivity contribution >= 4 is 22.8 Å². The van der Waals surface area contributed by atoms with Crippen molar-refractivity contribution in [3.05, 3.63) is 89.8 Å². The van der Waals surface area contributed by atoms with Gasteiger partial charge < -0.3 is 9.73 Å². The maximum absolute atomic E-state index is 13.4. The SMILES string of the molecule is O=C1C[C@H](c2ccco2)CC2=C1[C@H](c1cccnc1)n1c(nc3ccccc31)N2. The van der Waals surface area contributed by atoms with Crippen molar-refractivity contribution in [3.8, 4) is 0 Å². The number of hydrogen-bond acceptors (Lipinski definition) is 5. The van der Waals surface area contributed by atoms with E-state index in [4.69, 9.17) is 9.40 Å². The number of para-hydroxylation sites is 2. The molecule has 0 amide bonds. The molecule has 0 fully saturated rings. The summed E-state index contributed by atoms with van der Waals surface area (Å²) in [6.07, 6.45) is 6.41. The number of benzene rings is 1. The topological polar surface area (TPSA) is 73.0 Å². The lowest BCUT2D eigenvalue weighted by Gasteiger charge is -2.35. The minimum Gasteiger partial charge on any atom is -0.469 e. The molecule has 6 nitrogen and oxygen atoms in total. The van der Waals surface area contributed by atoms with Crippen molar-refractivity contribution in [2.75, 3.05) is 5.32 Å². The lowest BCUT2D eigenvalue weighted by Crippen LogP contribution is -2.33. The smallest absolute Gasteiger partial charge is 0.209 e. The first kappa shape index (κ1) is 16.3. The van der Waals surface area contributed by atoms with Gasteiger partial charge in [-0.05, 0) is 42.3 Å². The maximum atomic E-state index is 13.4. The molecule has 4 heterocycles. The van der Waals surface area contributed by atoms with E-state index in [0.29, 0.717) is 12.8 Å². The fraction of sp³-hybridized carbons (Fsp3) is 0.174. The number of carbonyl (C=O) groups is 1. The summed E-state index contributed by atoms with van der Waals surface area (Å²) in [6.45, 7) is 0. The van der Waals surface area contributed by atoms with Crippen LogP contribution in [0.2, 0.25) is 0 Å². The number of Topliss-reactive ketones (excluding diaryl/α,β-unsaturated/α-hetero) is 1. The molecule has 6 heteroatoms. The first-order valence-corrected chi connectivity index (χ1v) is 9.73. The minimum absolute atomic E-state index is 0.0363. The third kappa shape index (κ3) is 2.45. The number of anilines is 1. The van der Waals surface area contributed by atoms with Crippen LogP contribution < -0.4 is 5.32 Å². The number of ketones is 1. The van der Waals surface area contributed by atoms with Gasteiger partial charge in [-0.2, -0.15) is 0 Å². The highest BCUT2D eigenvalue weighted by Gasteiger charge is 2.40. The Kier molecular flexibility index (Phi) is 3.47. The molecule has 0 bridgehead atoms. The molecule has 0 unspecified atom stereocenters. The summed E-state index contributed by atoms with van der Waals surface area (Å²) in [5, 5.41) is 3.46. The van der Waals surface area contributed by atoms with Crippen LogP contribution in [-0.4, -0.2) is 20.3 Å². The number of nitrogens with zero attached hydrogens (tertiary/aromatic N) is 3. The summed E-state index contributed by atoms with van der Waals surface area (Å²) in [5.74, 6) is 1.78. The van der Waals surface area contributed by atoms with Crippen LogP contribution in [0, 0.1) is 0 Å². The predicted molar refractivity (Wildman–Crippen MR) is 108 cm³/mol. The second kappa shape index (κ2) is 6.17. The summed E-state index contributed by atoms with van der Waals surface area (Å²) < 4.78 is 7.72. The van der Waals surface area contributed by atoms with Gasteiger partial charge >= 0.3 is 0 Å². The molecular weight excluding hydrogens is 364 g/mol. The predicted octanol–water partition coefficient (Wildman–Crippen LogP) is 4.44. The Morgan fingerprint density at radius 2 is 2.00 bits per heavy atom. The van der Waals surface area contributed by atoms with E-state index < -0.39 is 0 Å². The van der Waals surface area contributed by atoms with E-state index in [1.807, 2.05) is 54.7 Å². The molecule has 2 aliphatic rings. The molecular formula is C23H18N4O2. The van der Waals surface area contributed by atoms with Crippen LogP contribution in [0.3, 0.4) is 0 Å². The van der Waals surface area contributed by atoms with Crippen molar-refractivity contribution in [2.24, 2.45) is 0 Å². The Labute approximate surface area is 166 Å². The lowest BCUT2D eigenvalue weighted by molar-refractivity contribution is -0.116. The Hall–Kier alpha value is -3.67. The van der Waals surface area contributed by atoms with Crippen LogP contribution in [0.15, 0.2) is 82.9 Å². The molecule has 0 radical (unpaired) electrons. The van der Waals surface area contributed by atoms with Crippen LogP contribution in [-0.2, 0) is 4.79 Å². The zero-order chi connectivity index (χ0) is 19.4. The van der Waals surface area contributed by atoms with Gasteiger partial charge in [-0.25, -0.2) is 4.98 Å². The molecule has 29 heavy (non-hydrogen) atoms. The summed E-state index contributed by atoms with van der Waals surface area (Å²) in [4.78, 5) is 22.5. The molecule has 0 spiro atoms. The van der Waals surface area contributed by atoms with Crippen molar-refractivity contribution < 1.29 is 9.21 Å². The third-order valence-electron chi connectivity index (χ3n) is 5.84. The van der Waals surface area contributed by atoms with E-state index in [1.165, 1.54) is 0 Å². The molecule has 1 aliphatic heterocycles. The summed E-state index contributed by atoms with van der Waals surface area (Å²) in [7, 11) is 0. The Bertz CT molecular complexity index is 1250. The van der Waals surface area contributed by atoms with Gasteiger partial charge in [0.2, 0.25) is 5.95 Å². The van der Waals surface area contributed by atoms with Gasteiger partial charge in [0.1, 0.15) is 5.76 Å². The lowest BCUT2D eigenvalue weighted by atomic mass is 9.79. The number of nitrogens with one attached hydrogen (secondary N) is 1. The fourth-order valence-corrected chi connectivity index (χ4v) is 4.60. The van der Waals surface area contributed by atoms with Crippen LogP contribution in [0.1, 0.15) is 36.1 Å². The van der Waals surface area contributed by atoms with Gasteiger partial charge in [-0.3, -0.25) is 14.3 Å². The largest absolute Gasteiger partial charge is 0.469 e. The number of furan rings is 1. The Morgan fingerprint density at radius 3 is 2.83 bits per heavy atom. The first-order valence-electron chi connectivity index (χ1n) is 9.73. The maximum Gasteiger partial charge on any atom is 0.209 e. The highest BCUT2D eigenvalue weighted by molar-refractivity contribution is 6.01. The van der Waals surface area contributed by atoms with Crippen LogP contribution in [0.4, 0.5) is 5.95 Å². The number of hydrogen-bond donors (Lipinski definition) is 1. The monoisotopic (exact) mass is 382 g/mol. The van der Waals surface area contributed by atoms with E-state index in [0.717, 1.165) is 39.6 Å². The number of allylic oxidation sites excluding steroid dienone is 2. The van der Waals surface area contributed by atoms with Crippen LogP contribution in [0.25, 0.3) is 11.0 Å². The fourth-order valence-electron chi connectivity index (χ4n) is 4.60. The van der Waals surface area contributed by atoms with Gasteiger partial charge in [-0.15, -0.1) is 0 Å². The van der Waals surface area contributed by atoms with Crippen molar-refractivity contribution in [1.29, 1.82) is 0 Å². The van der Waals surface area contributed by atoms with Crippen molar-refractivity contribution in [1.82, 2.24) is 14.5 Å². The van der Waals surface area contributed by atoms with E-state index >= 15 is 0 Å². The van der Waals surface area contributed by atoms with Crippen LogP contribution >= 0.6 is 0 Å². The van der Waals surface area contributed by atoms with E-state index in [1.54, 1.807) is 12.5 Å². The standard InChI is InChI=1S/C23H18N4O2/c28-19-12-15(20-8-4-10-29-20)11-17-21(19)22(14-5-3-9-24-13-14)27-18-7-2-1-6-16(18)25-23(27)26-17/h1-10,13,15,22H,11-12H2,(H,25,26)/t15-,22+/m1/s1. The van der Waals surface area contributed by atoms with Gasteiger partial charge in [0.05, 0.1) is 23.3 Å².